The van der Waals surface area contributed by atoms with E-state index in [9.17, 15) is 8.78 Å². The molecular weight excluding hydrogens is 287 g/mol. The normalized spacial score (nSPS) is 11.1. The standard InChI is InChI=1S/C9H6F2IN/c1-13-4-6(12)8-7(13)3-2-5(10)9(8)11/h2-4H,1H3. The van der Waals surface area contributed by atoms with Crippen LogP contribution in [0, 0.1) is 15.2 Å². The summed E-state index contributed by atoms with van der Waals surface area (Å²) in [7, 11) is 1.81. The smallest absolute Gasteiger partial charge is 0.169 e. The summed E-state index contributed by atoms with van der Waals surface area (Å²) < 4.78 is 28.6. The maximum Gasteiger partial charge on any atom is 0.169 e. The minimum Gasteiger partial charge on any atom is -0.349 e. The molecule has 0 unspecified atom stereocenters. The molecule has 1 aromatic carbocycles. The summed E-state index contributed by atoms with van der Waals surface area (Å²) in [4.78, 5) is 0. The lowest BCUT2D eigenvalue weighted by Crippen LogP contribution is -1.87. The number of halogens is 3. The van der Waals surface area contributed by atoms with Gasteiger partial charge in [0.25, 0.3) is 0 Å². The van der Waals surface area contributed by atoms with Gasteiger partial charge in [0.2, 0.25) is 0 Å². The Kier molecular flexibility index (Phi) is 2.02. The predicted molar refractivity (Wildman–Crippen MR) is 55.6 cm³/mol. The van der Waals surface area contributed by atoms with Gasteiger partial charge >= 0.3 is 0 Å². The first-order chi connectivity index (χ1) is 6.11. The van der Waals surface area contributed by atoms with Crippen LogP contribution in [0.5, 0.6) is 0 Å². The third-order valence-corrected chi connectivity index (χ3v) is 2.82. The number of aromatic nitrogens is 1. The van der Waals surface area contributed by atoms with Crippen LogP contribution in [0.4, 0.5) is 8.78 Å². The van der Waals surface area contributed by atoms with E-state index in [2.05, 4.69) is 0 Å². The van der Waals surface area contributed by atoms with Crippen molar-refractivity contribution in [1.82, 2.24) is 4.57 Å². The molecule has 0 N–H and O–H groups in total. The Hall–Kier alpha value is -0.650. The third kappa shape index (κ3) is 1.23. The first kappa shape index (κ1) is 8.93. The maximum absolute atomic E-state index is 13.3. The second kappa shape index (κ2) is 2.94. The number of hydrogen-bond donors (Lipinski definition) is 0. The molecule has 0 aliphatic rings. The second-order valence-corrected chi connectivity index (χ2v) is 4.01. The van der Waals surface area contributed by atoms with Gasteiger partial charge in [-0.25, -0.2) is 8.78 Å². The Bertz CT molecular complexity index is 476. The van der Waals surface area contributed by atoms with Gasteiger partial charge in [0.05, 0.1) is 10.9 Å². The Morgan fingerprint density at radius 2 is 2.00 bits per heavy atom. The van der Waals surface area contributed by atoms with E-state index in [0.717, 1.165) is 9.64 Å². The van der Waals surface area contributed by atoms with Crippen molar-refractivity contribution >= 4 is 33.5 Å². The van der Waals surface area contributed by atoms with Crippen LogP contribution in [0.25, 0.3) is 10.9 Å². The Morgan fingerprint density at radius 1 is 1.31 bits per heavy atom. The van der Waals surface area contributed by atoms with Crippen LogP contribution >= 0.6 is 22.6 Å². The first-order valence-electron chi connectivity index (χ1n) is 3.70. The summed E-state index contributed by atoms with van der Waals surface area (Å²) in [6, 6.07) is 2.73. The van der Waals surface area contributed by atoms with Gasteiger partial charge in [0.1, 0.15) is 0 Å². The highest BCUT2D eigenvalue weighted by Crippen LogP contribution is 2.26. The molecule has 2 aromatic rings. The van der Waals surface area contributed by atoms with E-state index in [1.165, 1.54) is 0 Å². The fourth-order valence-electron chi connectivity index (χ4n) is 1.37. The van der Waals surface area contributed by atoms with Crippen molar-refractivity contribution in [2.45, 2.75) is 0 Å². The van der Waals surface area contributed by atoms with Crippen LogP contribution in [0.15, 0.2) is 18.3 Å². The number of benzene rings is 1. The molecule has 68 valence electrons. The van der Waals surface area contributed by atoms with Gasteiger partial charge in [-0.3, -0.25) is 0 Å². The average molecular weight is 293 g/mol. The summed E-state index contributed by atoms with van der Waals surface area (Å²) in [5, 5.41) is 0.364. The average Bonchev–Trinajstić information content (AvgIpc) is 2.35. The Labute approximate surface area is 87.5 Å². The van der Waals surface area contributed by atoms with Crippen LogP contribution in [0.1, 0.15) is 0 Å². The molecule has 0 amide bonds. The van der Waals surface area contributed by atoms with E-state index in [1.807, 2.05) is 29.6 Å². The van der Waals surface area contributed by atoms with Gasteiger partial charge in [-0.1, -0.05) is 0 Å². The van der Waals surface area contributed by atoms with Crippen LogP contribution in [0.3, 0.4) is 0 Å². The lowest BCUT2D eigenvalue weighted by molar-refractivity contribution is 0.516. The van der Waals surface area contributed by atoms with Crippen molar-refractivity contribution in [2.75, 3.05) is 0 Å². The first-order valence-corrected chi connectivity index (χ1v) is 4.77. The molecule has 0 saturated carbocycles. The molecule has 0 aliphatic heterocycles. The van der Waals surface area contributed by atoms with Crippen LogP contribution < -0.4 is 0 Å². The van der Waals surface area contributed by atoms with E-state index in [1.54, 1.807) is 16.8 Å². The minimum absolute atomic E-state index is 0.364. The van der Waals surface area contributed by atoms with Gasteiger partial charge < -0.3 is 4.57 Å². The molecule has 0 radical (unpaired) electrons. The van der Waals surface area contributed by atoms with E-state index in [4.69, 9.17) is 0 Å². The Morgan fingerprint density at radius 3 is 2.69 bits per heavy atom. The maximum atomic E-state index is 13.3. The molecule has 1 heterocycles. The van der Waals surface area contributed by atoms with Gasteiger partial charge in [0, 0.05) is 16.8 Å². The van der Waals surface area contributed by atoms with Crippen molar-refractivity contribution in [3.05, 3.63) is 33.5 Å². The summed E-state index contributed by atoms with van der Waals surface area (Å²) >= 11 is 1.99. The topological polar surface area (TPSA) is 4.93 Å². The SMILES string of the molecule is Cn1cc(I)c2c(F)c(F)ccc21. The highest BCUT2D eigenvalue weighted by Gasteiger charge is 2.12. The molecule has 1 nitrogen and oxygen atoms in total. The second-order valence-electron chi connectivity index (χ2n) is 2.84. The van der Waals surface area contributed by atoms with Gasteiger partial charge in [0.15, 0.2) is 11.6 Å². The van der Waals surface area contributed by atoms with E-state index >= 15 is 0 Å². The number of nitrogens with zero attached hydrogens (tertiary/aromatic N) is 1. The number of rotatable bonds is 0. The molecule has 4 heteroatoms. The summed E-state index contributed by atoms with van der Waals surface area (Å²) in [6.45, 7) is 0. The molecule has 1 aromatic heterocycles. The monoisotopic (exact) mass is 293 g/mol. The predicted octanol–water partition coefficient (Wildman–Crippen LogP) is 3.06. The number of fused-ring (bicyclic) bond motifs is 1. The van der Waals surface area contributed by atoms with Crippen molar-refractivity contribution in [3.63, 3.8) is 0 Å². The van der Waals surface area contributed by atoms with Crippen LogP contribution in [-0.4, -0.2) is 4.57 Å². The fourth-order valence-corrected chi connectivity index (χ4v) is 2.30. The summed E-state index contributed by atoms with van der Waals surface area (Å²) in [5.74, 6) is -1.56. The summed E-state index contributed by atoms with van der Waals surface area (Å²) in [6.07, 6.45) is 1.77. The molecule has 0 aliphatic carbocycles. The number of hydrogen-bond acceptors (Lipinski definition) is 0. The molecule has 0 atom stereocenters. The van der Waals surface area contributed by atoms with Gasteiger partial charge in [-0.2, -0.15) is 0 Å². The quantitative estimate of drug-likeness (QED) is 0.658. The van der Waals surface area contributed by atoms with E-state index in [0.29, 0.717) is 10.9 Å². The lowest BCUT2D eigenvalue weighted by Gasteiger charge is -1.97. The molecule has 0 fully saturated rings. The number of aryl methyl sites for hydroxylation is 1. The third-order valence-electron chi connectivity index (χ3n) is 2.00. The molecule has 0 spiro atoms. The minimum atomic E-state index is -0.795. The van der Waals surface area contributed by atoms with Crippen molar-refractivity contribution in [2.24, 2.45) is 7.05 Å². The van der Waals surface area contributed by atoms with Crippen molar-refractivity contribution in [1.29, 1.82) is 0 Å². The zero-order valence-electron chi connectivity index (χ0n) is 6.81. The van der Waals surface area contributed by atoms with E-state index < -0.39 is 11.6 Å². The van der Waals surface area contributed by atoms with Crippen molar-refractivity contribution in [3.8, 4) is 0 Å². The largest absolute Gasteiger partial charge is 0.349 e. The van der Waals surface area contributed by atoms with Crippen LogP contribution in [-0.2, 0) is 7.05 Å². The zero-order valence-corrected chi connectivity index (χ0v) is 8.97. The summed E-state index contributed by atoms with van der Waals surface area (Å²) in [5.41, 5.74) is 0.711. The Balaban J connectivity index is 2.98. The highest BCUT2D eigenvalue weighted by atomic mass is 127. The molecule has 0 saturated heterocycles. The fraction of sp³-hybridized carbons (Fsp3) is 0.111. The highest BCUT2D eigenvalue weighted by molar-refractivity contribution is 14.1. The molecule has 2 rings (SSSR count). The van der Waals surface area contributed by atoms with Gasteiger partial charge in [-0.05, 0) is 34.7 Å². The molecule has 0 bridgehead atoms. The lowest BCUT2D eigenvalue weighted by atomic mass is 10.2. The van der Waals surface area contributed by atoms with Gasteiger partial charge in [-0.15, -0.1) is 0 Å². The zero-order chi connectivity index (χ0) is 9.59. The van der Waals surface area contributed by atoms with E-state index in [-0.39, 0.29) is 0 Å². The van der Waals surface area contributed by atoms with Crippen LogP contribution in [0.2, 0.25) is 0 Å². The molecule has 13 heavy (non-hydrogen) atoms. The van der Waals surface area contributed by atoms with Crippen molar-refractivity contribution < 1.29 is 8.78 Å². The molecular formula is C9H6F2IN.